The summed E-state index contributed by atoms with van der Waals surface area (Å²) in [6, 6.07) is 0. The number of anilines is 1. The minimum Gasteiger partial charge on any atom is -0.476 e. The Morgan fingerprint density at radius 1 is 1.44 bits per heavy atom. The fourth-order valence-electron chi connectivity index (χ4n) is 1.07. The third-order valence-electron chi connectivity index (χ3n) is 2.59. The van der Waals surface area contributed by atoms with E-state index in [2.05, 4.69) is 36.1 Å². The smallest absolute Gasteiger partial charge is 0.358 e. The zero-order valence-corrected chi connectivity index (χ0v) is 9.82. The lowest BCUT2D eigenvalue weighted by Gasteiger charge is -2.23. The Morgan fingerprint density at radius 3 is 2.62 bits per heavy atom. The van der Waals surface area contributed by atoms with Gasteiger partial charge in [0.15, 0.2) is 11.5 Å². The summed E-state index contributed by atoms with van der Waals surface area (Å²) in [7, 11) is 0. The first kappa shape index (κ1) is 12.4. The summed E-state index contributed by atoms with van der Waals surface area (Å²) in [4.78, 5) is 18.6. The first-order valence-electron chi connectivity index (χ1n) is 5.24. The molecule has 0 spiro atoms. The van der Waals surface area contributed by atoms with Crippen molar-refractivity contribution in [2.24, 2.45) is 5.41 Å². The first-order valence-corrected chi connectivity index (χ1v) is 5.24. The third kappa shape index (κ3) is 3.18. The second-order valence-electron chi connectivity index (χ2n) is 4.43. The van der Waals surface area contributed by atoms with Crippen LogP contribution < -0.4 is 5.32 Å². The van der Waals surface area contributed by atoms with Gasteiger partial charge in [-0.15, -0.1) is 0 Å². The van der Waals surface area contributed by atoms with E-state index >= 15 is 0 Å². The number of hydrogen-bond acceptors (Lipinski definition) is 4. The van der Waals surface area contributed by atoms with Crippen molar-refractivity contribution in [3.8, 4) is 0 Å². The Labute approximate surface area is 94.9 Å². The van der Waals surface area contributed by atoms with Crippen LogP contribution in [0.2, 0.25) is 0 Å². The van der Waals surface area contributed by atoms with Crippen LogP contribution in [0, 0.1) is 5.41 Å². The Kier molecular flexibility index (Phi) is 3.82. The van der Waals surface area contributed by atoms with Gasteiger partial charge < -0.3 is 10.4 Å². The van der Waals surface area contributed by atoms with E-state index in [9.17, 15) is 4.79 Å². The molecule has 0 unspecified atom stereocenters. The maximum atomic E-state index is 10.9. The van der Waals surface area contributed by atoms with Gasteiger partial charge in [-0.1, -0.05) is 20.8 Å². The molecule has 0 aromatic carbocycles. The lowest BCUT2D eigenvalue weighted by atomic mass is 9.90. The number of nitrogens with zero attached hydrogens (tertiary/aromatic N) is 2. The fraction of sp³-hybridized carbons (Fsp3) is 0.545. The summed E-state index contributed by atoms with van der Waals surface area (Å²) >= 11 is 0. The van der Waals surface area contributed by atoms with Gasteiger partial charge in [-0.25, -0.2) is 14.8 Å². The molecule has 0 aliphatic heterocycles. The standard InChI is InChI=1S/C11H17N3O2/c1-4-11(2,3)7-14-9-8(10(15)16)12-5-6-13-9/h5-6H,4,7H2,1-3H3,(H,13,14)(H,15,16). The minimum atomic E-state index is -1.06. The van der Waals surface area contributed by atoms with Gasteiger partial charge in [0.05, 0.1) is 0 Å². The topological polar surface area (TPSA) is 75.1 Å². The van der Waals surface area contributed by atoms with Gasteiger partial charge in [-0.3, -0.25) is 0 Å². The van der Waals surface area contributed by atoms with Crippen molar-refractivity contribution in [2.75, 3.05) is 11.9 Å². The predicted octanol–water partition coefficient (Wildman–Crippen LogP) is 2.02. The average Bonchev–Trinajstić information content (AvgIpc) is 2.27. The van der Waals surface area contributed by atoms with Crippen LogP contribution in [0.4, 0.5) is 5.82 Å². The van der Waals surface area contributed by atoms with Crippen molar-refractivity contribution < 1.29 is 9.90 Å². The predicted molar refractivity (Wildman–Crippen MR) is 61.6 cm³/mol. The largest absolute Gasteiger partial charge is 0.476 e. The minimum absolute atomic E-state index is 0.0330. The van der Waals surface area contributed by atoms with Crippen molar-refractivity contribution in [3.63, 3.8) is 0 Å². The molecule has 0 atom stereocenters. The zero-order valence-electron chi connectivity index (χ0n) is 9.82. The molecule has 0 aliphatic carbocycles. The van der Waals surface area contributed by atoms with E-state index in [4.69, 9.17) is 5.11 Å². The van der Waals surface area contributed by atoms with E-state index in [1.807, 2.05) is 0 Å². The van der Waals surface area contributed by atoms with Gasteiger partial charge in [0.25, 0.3) is 0 Å². The van der Waals surface area contributed by atoms with E-state index < -0.39 is 5.97 Å². The maximum Gasteiger partial charge on any atom is 0.358 e. The van der Waals surface area contributed by atoms with Crippen LogP contribution in [0.25, 0.3) is 0 Å². The molecule has 1 aromatic rings. The van der Waals surface area contributed by atoms with Crippen molar-refractivity contribution >= 4 is 11.8 Å². The van der Waals surface area contributed by atoms with E-state index in [1.165, 1.54) is 12.4 Å². The summed E-state index contributed by atoms with van der Waals surface area (Å²) in [6.45, 7) is 6.98. The van der Waals surface area contributed by atoms with Crippen molar-refractivity contribution in [2.45, 2.75) is 27.2 Å². The summed E-state index contributed by atoms with van der Waals surface area (Å²) in [5.41, 5.74) is 0.0715. The zero-order chi connectivity index (χ0) is 12.2. The van der Waals surface area contributed by atoms with Crippen LogP contribution >= 0.6 is 0 Å². The monoisotopic (exact) mass is 223 g/mol. The summed E-state index contributed by atoms with van der Waals surface area (Å²) in [6.07, 6.45) is 3.86. The number of carboxylic acid groups (broad SMARTS) is 1. The highest BCUT2D eigenvalue weighted by Gasteiger charge is 2.18. The molecule has 0 amide bonds. The average molecular weight is 223 g/mol. The van der Waals surface area contributed by atoms with Crippen LogP contribution in [0.1, 0.15) is 37.7 Å². The van der Waals surface area contributed by atoms with E-state index in [0.717, 1.165) is 6.42 Å². The highest BCUT2D eigenvalue weighted by Crippen LogP contribution is 2.20. The first-order chi connectivity index (χ1) is 7.46. The molecule has 0 radical (unpaired) electrons. The Bertz CT molecular complexity index is 377. The van der Waals surface area contributed by atoms with Crippen LogP contribution in [-0.4, -0.2) is 27.6 Å². The second kappa shape index (κ2) is 4.92. The molecular formula is C11H17N3O2. The van der Waals surface area contributed by atoms with Crippen molar-refractivity contribution in [3.05, 3.63) is 18.1 Å². The van der Waals surface area contributed by atoms with E-state index in [-0.39, 0.29) is 11.1 Å². The fourth-order valence-corrected chi connectivity index (χ4v) is 1.07. The number of rotatable bonds is 5. The SMILES string of the molecule is CCC(C)(C)CNc1nccnc1C(=O)O. The van der Waals surface area contributed by atoms with Gasteiger partial charge >= 0.3 is 5.97 Å². The molecule has 5 heteroatoms. The second-order valence-corrected chi connectivity index (χ2v) is 4.43. The van der Waals surface area contributed by atoms with Gasteiger partial charge in [-0.2, -0.15) is 0 Å². The van der Waals surface area contributed by atoms with Crippen LogP contribution in [0.15, 0.2) is 12.4 Å². The molecular weight excluding hydrogens is 206 g/mol. The number of aromatic nitrogens is 2. The highest BCUT2D eigenvalue weighted by molar-refractivity contribution is 5.90. The van der Waals surface area contributed by atoms with E-state index in [1.54, 1.807) is 0 Å². The Hall–Kier alpha value is -1.65. The Morgan fingerprint density at radius 2 is 2.06 bits per heavy atom. The molecule has 0 aliphatic rings. The number of carboxylic acids is 1. The normalized spacial score (nSPS) is 11.2. The highest BCUT2D eigenvalue weighted by atomic mass is 16.4. The van der Waals surface area contributed by atoms with Gasteiger partial charge in [0, 0.05) is 18.9 Å². The third-order valence-corrected chi connectivity index (χ3v) is 2.59. The number of nitrogens with one attached hydrogen (secondary N) is 1. The maximum absolute atomic E-state index is 10.9. The quantitative estimate of drug-likeness (QED) is 0.798. The summed E-state index contributed by atoms with van der Waals surface area (Å²) in [5.74, 6) is -0.735. The number of carbonyl (C=O) groups is 1. The lowest BCUT2D eigenvalue weighted by Crippen LogP contribution is -2.23. The van der Waals surface area contributed by atoms with Gasteiger partial charge in [0.2, 0.25) is 0 Å². The van der Waals surface area contributed by atoms with Crippen LogP contribution in [0.3, 0.4) is 0 Å². The molecule has 1 rings (SSSR count). The molecule has 16 heavy (non-hydrogen) atoms. The van der Waals surface area contributed by atoms with Gasteiger partial charge in [0.1, 0.15) is 0 Å². The van der Waals surface area contributed by atoms with Crippen molar-refractivity contribution in [1.29, 1.82) is 0 Å². The molecule has 5 nitrogen and oxygen atoms in total. The molecule has 0 saturated carbocycles. The molecule has 0 bridgehead atoms. The van der Waals surface area contributed by atoms with Crippen LogP contribution in [0.5, 0.6) is 0 Å². The lowest BCUT2D eigenvalue weighted by molar-refractivity contribution is 0.0691. The molecule has 1 aromatic heterocycles. The molecule has 0 saturated heterocycles. The molecule has 1 heterocycles. The summed E-state index contributed by atoms with van der Waals surface area (Å²) in [5, 5.41) is 11.9. The number of hydrogen-bond donors (Lipinski definition) is 2. The van der Waals surface area contributed by atoms with Crippen LogP contribution in [-0.2, 0) is 0 Å². The molecule has 0 fully saturated rings. The Balaban J connectivity index is 2.78. The van der Waals surface area contributed by atoms with E-state index in [0.29, 0.717) is 12.4 Å². The number of aromatic carboxylic acids is 1. The molecule has 2 N–H and O–H groups in total. The van der Waals surface area contributed by atoms with Gasteiger partial charge in [-0.05, 0) is 11.8 Å². The molecule has 88 valence electrons. The summed E-state index contributed by atoms with van der Waals surface area (Å²) < 4.78 is 0. The van der Waals surface area contributed by atoms with Crippen molar-refractivity contribution in [1.82, 2.24) is 9.97 Å².